The first-order valence-corrected chi connectivity index (χ1v) is 8.36. The Morgan fingerprint density at radius 1 is 1.12 bits per heavy atom. The lowest BCUT2D eigenvalue weighted by Crippen LogP contribution is -2.44. The van der Waals surface area contributed by atoms with E-state index in [2.05, 4.69) is 10.6 Å². The maximum Gasteiger partial charge on any atom is 0.244 e. The Morgan fingerprint density at radius 2 is 1.77 bits per heavy atom. The van der Waals surface area contributed by atoms with Gasteiger partial charge in [0, 0.05) is 5.69 Å². The summed E-state index contributed by atoms with van der Waals surface area (Å²) in [6.07, 6.45) is 1.01. The minimum Gasteiger partial charge on any atom is -0.343 e. The molecule has 2 atom stereocenters. The lowest BCUT2D eigenvalue weighted by molar-refractivity contribution is -0.135. The molecule has 0 bridgehead atoms. The van der Waals surface area contributed by atoms with E-state index in [1.54, 1.807) is 6.92 Å². The largest absolute Gasteiger partial charge is 0.343 e. The summed E-state index contributed by atoms with van der Waals surface area (Å²) in [6.45, 7) is 1.64. The Bertz CT molecular complexity index is 836. The molecule has 2 aromatic rings. The topological polar surface area (TPSA) is 75.3 Å². The molecule has 1 saturated heterocycles. The number of Topliss-reactive ketones (excluding diaryl/α,β-unsaturated/α-hetero) is 1. The number of rotatable bonds is 5. The normalized spacial score (nSPS) is 22.2. The summed E-state index contributed by atoms with van der Waals surface area (Å²) in [5, 5.41) is 5.16. The maximum absolute atomic E-state index is 12.9. The van der Waals surface area contributed by atoms with Crippen molar-refractivity contribution in [1.82, 2.24) is 5.32 Å². The van der Waals surface area contributed by atoms with Crippen molar-refractivity contribution in [1.29, 1.82) is 0 Å². The first-order valence-electron chi connectivity index (χ1n) is 8.36. The van der Waals surface area contributed by atoms with Gasteiger partial charge >= 0.3 is 0 Å². The van der Waals surface area contributed by atoms with Gasteiger partial charge in [0.2, 0.25) is 11.8 Å². The van der Waals surface area contributed by atoms with Gasteiger partial charge in [0.05, 0.1) is 5.54 Å². The number of carbonyl (C=O) groups excluding carboxylic acids is 3. The fourth-order valence-corrected chi connectivity index (χ4v) is 3.05. The molecule has 0 spiro atoms. The Morgan fingerprint density at radius 3 is 2.42 bits per heavy atom. The van der Waals surface area contributed by atoms with Gasteiger partial charge in [-0.15, -0.1) is 0 Å². The number of carbonyl (C=O) groups is 3. The first kappa shape index (κ1) is 17.8. The number of aryl methyl sites for hydroxylation is 1. The van der Waals surface area contributed by atoms with Crippen LogP contribution in [-0.4, -0.2) is 23.1 Å². The zero-order chi connectivity index (χ0) is 18.7. The molecule has 2 aromatic carbocycles. The molecule has 0 saturated carbocycles. The third-order valence-electron chi connectivity index (χ3n) is 4.60. The number of hydrogen-bond acceptors (Lipinski definition) is 3. The van der Waals surface area contributed by atoms with Crippen LogP contribution in [-0.2, 0) is 20.8 Å². The Hall–Kier alpha value is -3.02. The van der Waals surface area contributed by atoms with Crippen LogP contribution in [0.2, 0.25) is 0 Å². The van der Waals surface area contributed by atoms with Crippen LogP contribution in [0.5, 0.6) is 0 Å². The summed E-state index contributed by atoms with van der Waals surface area (Å²) >= 11 is 0. The summed E-state index contributed by atoms with van der Waals surface area (Å²) in [5.74, 6) is -3.60. The van der Waals surface area contributed by atoms with E-state index >= 15 is 0 Å². The average Bonchev–Trinajstić information content (AvgIpc) is 2.85. The minimum atomic E-state index is -1.40. The molecule has 1 aliphatic heterocycles. The van der Waals surface area contributed by atoms with E-state index < -0.39 is 34.9 Å². The molecule has 1 fully saturated rings. The SMILES string of the molecule is CC1(CCc2ccccc2)NC(=O)C(C(=O)Nc2ccc(F)cc2)C1=O. The number of anilines is 1. The summed E-state index contributed by atoms with van der Waals surface area (Å²) in [5.41, 5.74) is 0.294. The zero-order valence-electron chi connectivity index (χ0n) is 14.3. The van der Waals surface area contributed by atoms with Crippen molar-refractivity contribution in [3.8, 4) is 0 Å². The Balaban J connectivity index is 1.69. The van der Waals surface area contributed by atoms with Crippen molar-refractivity contribution in [3.05, 3.63) is 66.0 Å². The molecule has 134 valence electrons. The van der Waals surface area contributed by atoms with E-state index in [0.717, 1.165) is 5.56 Å². The van der Waals surface area contributed by atoms with Gasteiger partial charge in [0.25, 0.3) is 0 Å². The highest BCUT2D eigenvalue weighted by Gasteiger charge is 2.52. The molecule has 1 aliphatic rings. The minimum absolute atomic E-state index is 0.329. The van der Waals surface area contributed by atoms with Gasteiger partial charge in [-0.25, -0.2) is 4.39 Å². The molecule has 26 heavy (non-hydrogen) atoms. The number of nitrogens with one attached hydrogen (secondary N) is 2. The highest BCUT2D eigenvalue weighted by molar-refractivity contribution is 6.27. The maximum atomic E-state index is 12.9. The van der Waals surface area contributed by atoms with Crippen molar-refractivity contribution in [2.45, 2.75) is 25.3 Å². The average molecular weight is 354 g/mol. The molecule has 6 heteroatoms. The second-order valence-electron chi connectivity index (χ2n) is 6.60. The molecule has 0 aliphatic carbocycles. The molecular weight excluding hydrogens is 335 g/mol. The zero-order valence-corrected chi connectivity index (χ0v) is 14.3. The highest BCUT2D eigenvalue weighted by Crippen LogP contribution is 2.27. The van der Waals surface area contributed by atoms with Gasteiger partial charge in [0.1, 0.15) is 5.82 Å². The van der Waals surface area contributed by atoms with Gasteiger partial charge in [0.15, 0.2) is 11.7 Å². The molecule has 2 unspecified atom stereocenters. The van der Waals surface area contributed by atoms with E-state index in [-0.39, 0.29) is 0 Å². The molecule has 0 aromatic heterocycles. The van der Waals surface area contributed by atoms with Crippen LogP contribution in [0, 0.1) is 11.7 Å². The van der Waals surface area contributed by atoms with Crippen LogP contribution in [0.1, 0.15) is 18.9 Å². The van der Waals surface area contributed by atoms with Crippen molar-refractivity contribution < 1.29 is 18.8 Å². The molecule has 1 heterocycles. The Kier molecular flexibility index (Phi) is 4.84. The smallest absolute Gasteiger partial charge is 0.244 e. The van der Waals surface area contributed by atoms with E-state index in [1.165, 1.54) is 24.3 Å². The van der Waals surface area contributed by atoms with Crippen LogP contribution < -0.4 is 10.6 Å². The Labute approximate surface area is 150 Å². The van der Waals surface area contributed by atoms with E-state index in [4.69, 9.17) is 0 Å². The first-order chi connectivity index (χ1) is 12.4. The fraction of sp³-hybridized carbons (Fsp3) is 0.250. The third kappa shape index (κ3) is 3.64. The second-order valence-corrected chi connectivity index (χ2v) is 6.60. The summed E-state index contributed by atoms with van der Waals surface area (Å²) < 4.78 is 12.9. The molecule has 0 radical (unpaired) electrons. The summed E-state index contributed by atoms with van der Waals surface area (Å²) in [6, 6.07) is 14.7. The monoisotopic (exact) mass is 354 g/mol. The second kappa shape index (κ2) is 7.07. The number of ketones is 1. The predicted octanol–water partition coefficient (Wildman–Crippen LogP) is 2.47. The van der Waals surface area contributed by atoms with Crippen LogP contribution in [0.25, 0.3) is 0 Å². The number of amides is 2. The summed E-state index contributed by atoms with van der Waals surface area (Å²) in [4.78, 5) is 37.4. The number of benzene rings is 2. The number of halogens is 1. The highest BCUT2D eigenvalue weighted by atomic mass is 19.1. The van der Waals surface area contributed by atoms with Crippen LogP contribution in [0.3, 0.4) is 0 Å². The van der Waals surface area contributed by atoms with Crippen molar-refractivity contribution in [2.75, 3.05) is 5.32 Å². The number of hydrogen-bond donors (Lipinski definition) is 2. The van der Waals surface area contributed by atoms with Gasteiger partial charge in [-0.3, -0.25) is 14.4 Å². The molecule has 5 nitrogen and oxygen atoms in total. The van der Waals surface area contributed by atoms with E-state index in [1.807, 2.05) is 30.3 Å². The molecule has 2 amide bonds. The predicted molar refractivity (Wildman–Crippen MR) is 94.8 cm³/mol. The third-order valence-corrected chi connectivity index (χ3v) is 4.60. The van der Waals surface area contributed by atoms with Crippen LogP contribution in [0.4, 0.5) is 10.1 Å². The van der Waals surface area contributed by atoms with Gasteiger partial charge in [-0.05, 0) is 49.6 Å². The summed E-state index contributed by atoms with van der Waals surface area (Å²) in [7, 11) is 0. The van der Waals surface area contributed by atoms with Crippen LogP contribution in [0.15, 0.2) is 54.6 Å². The van der Waals surface area contributed by atoms with E-state index in [0.29, 0.717) is 18.5 Å². The van der Waals surface area contributed by atoms with Crippen LogP contribution >= 0.6 is 0 Å². The molecular formula is C20H19FN2O3. The quantitative estimate of drug-likeness (QED) is 0.810. The van der Waals surface area contributed by atoms with Gasteiger partial charge in [-0.2, -0.15) is 0 Å². The molecule has 2 N–H and O–H groups in total. The lowest BCUT2D eigenvalue weighted by atomic mass is 9.87. The van der Waals surface area contributed by atoms with Gasteiger partial charge < -0.3 is 10.6 Å². The van der Waals surface area contributed by atoms with Crippen molar-refractivity contribution >= 4 is 23.3 Å². The van der Waals surface area contributed by atoms with Crippen molar-refractivity contribution in [2.24, 2.45) is 5.92 Å². The van der Waals surface area contributed by atoms with E-state index in [9.17, 15) is 18.8 Å². The van der Waals surface area contributed by atoms with Gasteiger partial charge in [-0.1, -0.05) is 30.3 Å². The standard InChI is InChI=1S/C20H19FN2O3/c1-20(12-11-13-5-3-2-4-6-13)17(24)16(19(26)23-20)18(25)22-15-9-7-14(21)8-10-15/h2-10,16H,11-12H2,1H3,(H,22,25)(H,23,26). The fourth-order valence-electron chi connectivity index (χ4n) is 3.05. The lowest BCUT2D eigenvalue weighted by Gasteiger charge is -2.22. The van der Waals surface area contributed by atoms with Crippen molar-refractivity contribution in [3.63, 3.8) is 0 Å². The molecule has 3 rings (SSSR count).